The fourth-order valence-electron chi connectivity index (χ4n) is 3.87. The van der Waals surface area contributed by atoms with E-state index >= 15 is 0 Å². The number of aryl methyl sites for hydroxylation is 1. The van der Waals surface area contributed by atoms with E-state index in [1.165, 1.54) is 6.07 Å². The number of amides is 2. The van der Waals surface area contributed by atoms with Gasteiger partial charge in [-0.25, -0.2) is 14.2 Å². The lowest BCUT2D eigenvalue weighted by atomic mass is 10.1. The van der Waals surface area contributed by atoms with Crippen molar-refractivity contribution in [3.05, 3.63) is 65.9 Å². The fraction of sp³-hybridized carbons (Fsp3) is 0.333. The summed E-state index contributed by atoms with van der Waals surface area (Å²) in [5, 5.41) is 2.83. The molecule has 1 saturated heterocycles. The first kappa shape index (κ1) is 21.7. The molecule has 2 aromatic carbocycles. The molecule has 0 atom stereocenters. The van der Waals surface area contributed by atoms with E-state index in [1.807, 2.05) is 18.2 Å². The second-order valence-corrected chi connectivity index (χ2v) is 7.71. The second-order valence-electron chi connectivity index (χ2n) is 7.71. The number of nitrogens with one attached hydrogen (secondary N) is 1. The van der Waals surface area contributed by atoms with Crippen molar-refractivity contribution in [2.24, 2.45) is 0 Å². The number of rotatable bonds is 5. The number of oxazole rings is 1. The largest absolute Gasteiger partial charge is 0.496 e. The highest BCUT2D eigenvalue weighted by atomic mass is 19.1. The van der Waals surface area contributed by atoms with Crippen LogP contribution in [0.25, 0.3) is 11.3 Å². The van der Waals surface area contributed by atoms with Gasteiger partial charge in [0.1, 0.15) is 11.6 Å². The van der Waals surface area contributed by atoms with Gasteiger partial charge in [-0.05, 0) is 24.6 Å². The van der Waals surface area contributed by atoms with Crippen LogP contribution in [0.2, 0.25) is 0 Å². The predicted molar refractivity (Wildman–Crippen MR) is 120 cm³/mol. The molecule has 7 nitrogen and oxygen atoms in total. The van der Waals surface area contributed by atoms with Crippen molar-refractivity contribution in [1.29, 1.82) is 0 Å². The zero-order valence-corrected chi connectivity index (χ0v) is 18.3. The van der Waals surface area contributed by atoms with Crippen LogP contribution in [0.4, 0.5) is 14.9 Å². The molecule has 0 unspecified atom stereocenters. The minimum atomic E-state index is -0.312. The fourth-order valence-corrected chi connectivity index (χ4v) is 3.87. The molecule has 168 valence electrons. The number of aromatic nitrogens is 1. The molecule has 4 rings (SSSR count). The normalized spacial score (nSPS) is 14.2. The van der Waals surface area contributed by atoms with E-state index in [9.17, 15) is 9.18 Å². The molecule has 1 N–H and O–H groups in total. The molecule has 2 amide bonds. The number of carbonyl (C=O) groups is 1. The van der Waals surface area contributed by atoms with Gasteiger partial charge in [0.2, 0.25) is 0 Å². The number of carbonyl (C=O) groups excluding carboxylic acids is 1. The first-order valence-corrected chi connectivity index (χ1v) is 10.7. The van der Waals surface area contributed by atoms with Crippen molar-refractivity contribution < 1.29 is 18.3 Å². The molecule has 0 radical (unpaired) electrons. The zero-order valence-electron chi connectivity index (χ0n) is 18.3. The first-order chi connectivity index (χ1) is 15.5. The Bertz CT molecular complexity index is 1080. The number of ether oxygens (including phenoxy) is 1. The molecule has 32 heavy (non-hydrogen) atoms. The average Bonchev–Trinajstić information content (AvgIpc) is 3.09. The van der Waals surface area contributed by atoms with Crippen molar-refractivity contribution >= 4 is 11.7 Å². The highest BCUT2D eigenvalue weighted by molar-refractivity contribution is 5.74. The third-order valence-corrected chi connectivity index (χ3v) is 5.61. The van der Waals surface area contributed by atoms with Gasteiger partial charge < -0.3 is 24.3 Å². The Morgan fingerprint density at radius 1 is 1.19 bits per heavy atom. The summed E-state index contributed by atoms with van der Waals surface area (Å²) in [6.07, 6.45) is 2.52. The maximum atomic E-state index is 13.8. The molecule has 0 spiro atoms. The molecule has 0 saturated carbocycles. The van der Waals surface area contributed by atoms with E-state index in [0.717, 1.165) is 24.2 Å². The van der Waals surface area contributed by atoms with Crippen molar-refractivity contribution in [3.8, 4) is 17.1 Å². The molecule has 1 fully saturated rings. The van der Waals surface area contributed by atoms with Crippen molar-refractivity contribution in [2.45, 2.75) is 19.9 Å². The lowest BCUT2D eigenvalue weighted by molar-refractivity contribution is 0.201. The van der Waals surface area contributed by atoms with Crippen LogP contribution in [0, 0.1) is 12.7 Å². The van der Waals surface area contributed by atoms with E-state index in [-0.39, 0.29) is 18.4 Å². The Morgan fingerprint density at radius 2 is 2.03 bits per heavy atom. The molecule has 0 bridgehead atoms. The van der Waals surface area contributed by atoms with Gasteiger partial charge in [-0.1, -0.05) is 18.2 Å². The topological polar surface area (TPSA) is 70.8 Å². The summed E-state index contributed by atoms with van der Waals surface area (Å²) < 4.78 is 25.0. The molecule has 1 aliphatic heterocycles. The predicted octanol–water partition coefficient (Wildman–Crippen LogP) is 4.22. The Labute approximate surface area is 186 Å². The molecule has 1 aliphatic rings. The molecular formula is C24H27FN4O3. The molecular weight excluding hydrogens is 411 g/mol. The summed E-state index contributed by atoms with van der Waals surface area (Å²) in [6.45, 7) is 4.71. The standard InChI is InChI=1S/C24H27FN4O3/c1-17-26-16-23(32-17)20-9-8-19(14-22(20)31-2)28-10-5-11-29(13-12-28)24(30)27-15-18-6-3-4-7-21(18)25/h3-4,6-9,14,16H,5,10-13,15H2,1-2H3,(H,27,30). The number of hydrogen-bond donors (Lipinski definition) is 1. The number of halogens is 1. The first-order valence-electron chi connectivity index (χ1n) is 10.7. The molecule has 1 aromatic heterocycles. The molecule has 2 heterocycles. The van der Waals surface area contributed by atoms with Gasteiger partial charge in [-0.3, -0.25) is 0 Å². The number of nitrogens with zero attached hydrogens (tertiary/aromatic N) is 3. The van der Waals surface area contributed by atoms with Crippen LogP contribution in [-0.2, 0) is 6.54 Å². The number of methoxy groups -OCH3 is 1. The summed E-state index contributed by atoms with van der Waals surface area (Å²) >= 11 is 0. The molecule has 0 aliphatic carbocycles. The summed E-state index contributed by atoms with van der Waals surface area (Å²) in [6, 6.07) is 12.3. The van der Waals surface area contributed by atoms with E-state index in [2.05, 4.69) is 15.2 Å². The van der Waals surface area contributed by atoms with Gasteiger partial charge in [0.15, 0.2) is 11.7 Å². The number of anilines is 1. The highest BCUT2D eigenvalue weighted by Gasteiger charge is 2.21. The van der Waals surface area contributed by atoms with E-state index in [0.29, 0.717) is 42.6 Å². The Morgan fingerprint density at radius 3 is 2.78 bits per heavy atom. The summed E-state index contributed by atoms with van der Waals surface area (Å²) in [5.74, 6) is 1.67. The minimum absolute atomic E-state index is 0.172. The monoisotopic (exact) mass is 438 g/mol. The third-order valence-electron chi connectivity index (χ3n) is 5.61. The van der Waals surface area contributed by atoms with Crippen molar-refractivity contribution in [2.75, 3.05) is 38.2 Å². The van der Waals surface area contributed by atoms with Crippen LogP contribution < -0.4 is 15.0 Å². The van der Waals surface area contributed by atoms with Crippen LogP contribution in [-0.4, -0.2) is 49.2 Å². The maximum Gasteiger partial charge on any atom is 0.317 e. The quantitative estimate of drug-likeness (QED) is 0.646. The summed E-state index contributed by atoms with van der Waals surface area (Å²) in [4.78, 5) is 20.8. The lowest BCUT2D eigenvalue weighted by Gasteiger charge is -2.24. The van der Waals surface area contributed by atoms with E-state index in [4.69, 9.17) is 9.15 Å². The number of urea groups is 1. The van der Waals surface area contributed by atoms with Gasteiger partial charge in [0, 0.05) is 57.0 Å². The van der Waals surface area contributed by atoms with Gasteiger partial charge in [-0.2, -0.15) is 0 Å². The summed E-state index contributed by atoms with van der Waals surface area (Å²) in [5.41, 5.74) is 2.35. The lowest BCUT2D eigenvalue weighted by Crippen LogP contribution is -2.41. The highest BCUT2D eigenvalue weighted by Crippen LogP contribution is 2.34. The van der Waals surface area contributed by atoms with E-state index in [1.54, 1.807) is 43.3 Å². The maximum absolute atomic E-state index is 13.8. The Balaban J connectivity index is 1.39. The summed E-state index contributed by atoms with van der Waals surface area (Å²) in [7, 11) is 1.63. The van der Waals surface area contributed by atoms with Crippen LogP contribution in [0.5, 0.6) is 5.75 Å². The van der Waals surface area contributed by atoms with Gasteiger partial charge >= 0.3 is 6.03 Å². The van der Waals surface area contributed by atoms with E-state index < -0.39 is 0 Å². The Hall–Kier alpha value is -3.55. The Kier molecular flexibility index (Phi) is 6.58. The van der Waals surface area contributed by atoms with Gasteiger partial charge in [-0.15, -0.1) is 0 Å². The average molecular weight is 439 g/mol. The zero-order chi connectivity index (χ0) is 22.5. The number of benzene rings is 2. The van der Waals surface area contributed by atoms with Crippen LogP contribution in [0.15, 0.2) is 53.1 Å². The van der Waals surface area contributed by atoms with Crippen LogP contribution >= 0.6 is 0 Å². The number of hydrogen-bond acceptors (Lipinski definition) is 5. The minimum Gasteiger partial charge on any atom is -0.496 e. The van der Waals surface area contributed by atoms with Crippen molar-refractivity contribution in [3.63, 3.8) is 0 Å². The van der Waals surface area contributed by atoms with Gasteiger partial charge in [0.05, 0.1) is 18.9 Å². The third kappa shape index (κ3) is 4.85. The van der Waals surface area contributed by atoms with Crippen LogP contribution in [0.1, 0.15) is 17.9 Å². The molecule has 8 heteroatoms. The van der Waals surface area contributed by atoms with Crippen molar-refractivity contribution in [1.82, 2.24) is 15.2 Å². The SMILES string of the molecule is COc1cc(N2CCCN(C(=O)NCc3ccccc3F)CC2)ccc1-c1cnc(C)o1. The smallest absolute Gasteiger partial charge is 0.317 e. The van der Waals surface area contributed by atoms with Crippen LogP contribution in [0.3, 0.4) is 0 Å². The molecule has 3 aromatic rings. The second kappa shape index (κ2) is 9.72. The van der Waals surface area contributed by atoms with Gasteiger partial charge in [0.25, 0.3) is 0 Å².